The monoisotopic (exact) mass is 441 g/mol. The highest BCUT2D eigenvalue weighted by molar-refractivity contribution is 8.15. The van der Waals surface area contributed by atoms with Gasteiger partial charge < -0.3 is 26.4 Å². The minimum absolute atomic E-state index is 0.125. The summed E-state index contributed by atoms with van der Waals surface area (Å²) < 4.78 is 4.64. The summed E-state index contributed by atoms with van der Waals surface area (Å²) in [5, 5.41) is 17.6. The van der Waals surface area contributed by atoms with E-state index in [1.54, 1.807) is 18.2 Å². The third kappa shape index (κ3) is 6.91. The van der Waals surface area contributed by atoms with E-state index < -0.39 is 53.0 Å². The predicted molar refractivity (Wildman–Crippen MR) is 106 cm³/mol. The Morgan fingerprint density at radius 3 is 2.23 bits per heavy atom. The largest absolute Gasteiger partial charge is 0.479 e. The van der Waals surface area contributed by atoms with Gasteiger partial charge in [0.15, 0.2) is 6.10 Å². The fourth-order valence-electron chi connectivity index (χ4n) is 2.22. The average Bonchev–Trinajstić information content (AvgIpc) is 2.73. The molecule has 164 valence electrons. The Hall–Kier alpha value is -2.80. The Balaban J connectivity index is 2.97. The Labute approximate surface area is 176 Å². The molecule has 0 aromatic heterocycles. The number of thioether (sulfide) groups is 1. The minimum atomic E-state index is -2.44. The highest BCUT2D eigenvalue weighted by Gasteiger charge is 2.38. The minimum Gasteiger partial charge on any atom is -0.479 e. The zero-order valence-electron chi connectivity index (χ0n) is 16.1. The molecule has 0 heterocycles. The molecule has 6 N–H and O–H groups in total. The number of hydrogen-bond donors (Lipinski definition) is 4. The molecule has 3 atom stereocenters. The molecule has 0 saturated carbocycles. The number of ether oxygens (including phenoxy) is 1. The summed E-state index contributed by atoms with van der Waals surface area (Å²) in [4.78, 5) is 60.4. The number of imide groups is 1. The molecule has 0 aliphatic carbocycles. The van der Waals surface area contributed by atoms with Gasteiger partial charge in [0.05, 0.1) is 11.8 Å². The SMILES string of the molecule is CC(SC(=O)c1ccccc1)C(=O)N(C(=O)CN)C(O)C(=O)OC(CCN)C(=O)O. The van der Waals surface area contributed by atoms with E-state index in [1.807, 2.05) is 0 Å². The summed E-state index contributed by atoms with van der Waals surface area (Å²) in [5.74, 6) is -5.25. The van der Waals surface area contributed by atoms with Gasteiger partial charge in [0, 0.05) is 12.0 Å². The maximum absolute atomic E-state index is 12.7. The van der Waals surface area contributed by atoms with Crippen molar-refractivity contribution >= 4 is 40.6 Å². The van der Waals surface area contributed by atoms with E-state index in [-0.39, 0.29) is 17.9 Å². The summed E-state index contributed by atoms with van der Waals surface area (Å²) in [6.07, 6.45) is -4.36. The highest BCUT2D eigenvalue weighted by atomic mass is 32.2. The van der Waals surface area contributed by atoms with Gasteiger partial charge in [0.1, 0.15) is 0 Å². The molecular formula is C18H23N3O8S. The Bertz CT molecular complexity index is 789. The van der Waals surface area contributed by atoms with Crippen LogP contribution in [0.4, 0.5) is 0 Å². The van der Waals surface area contributed by atoms with E-state index in [9.17, 15) is 29.1 Å². The van der Waals surface area contributed by atoms with Crippen molar-refractivity contribution in [3.8, 4) is 0 Å². The fourth-order valence-corrected chi connectivity index (χ4v) is 3.03. The number of amides is 2. The van der Waals surface area contributed by atoms with Gasteiger partial charge in [-0.25, -0.2) is 14.5 Å². The molecule has 1 aromatic rings. The zero-order valence-corrected chi connectivity index (χ0v) is 16.9. The number of nitrogens with two attached hydrogens (primary N) is 2. The number of hydrogen-bond acceptors (Lipinski definition) is 10. The van der Waals surface area contributed by atoms with Crippen molar-refractivity contribution in [1.82, 2.24) is 4.90 Å². The second-order valence-electron chi connectivity index (χ2n) is 5.93. The third-order valence-electron chi connectivity index (χ3n) is 3.74. The van der Waals surface area contributed by atoms with Gasteiger partial charge in [0.2, 0.25) is 23.2 Å². The molecule has 0 spiro atoms. The molecule has 2 amide bonds. The zero-order chi connectivity index (χ0) is 22.8. The molecule has 0 bridgehead atoms. The first-order chi connectivity index (χ1) is 14.1. The normalized spacial score (nSPS) is 13.6. The maximum Gasteiger partial charge on any atom is 0.357 e. The van der Waals surface area contributed by atoms with Crippen LogP contribution in [0.25, 0.3) is 0 Å². The van der Waals surface area contributed by atoms with Crippen molar-refractivity contribution in [2.45, 2.75) is 30.9 Å². The van der Waals surface area contributed by atoms with Crippen LogP contribution in [-0.4, -0.2) is 74.7 Å². The van der Waals surface area contributed by atoms with Crippen LogP contribution in [0.3, 0.4) is 0 Å². The summed E-state index contributed by atoms with van der Waals surface area (Å²) in [6, 6.07) is 8.03. The molecule has 30 heavy (non-hydrogen) atoms. The van der Waals surface area contributed by atoms with Gasteiger partial charge in [-0.15, -0.1) is 0 Å². The Morgan fingerprint density at radius 2 is 1.73 bits per heavy atom. The number of carbonyl (C=O) groups is 5. The van der Waals surface area contributed by atoms with Crippen molar-refractivity contribution in [1.29, 1.82) is 0 Å². The maximum atomic E-state index is 12.7. The van der Waals surface area contributed by atoms with Crippen LogP contribution in [0.1, 0.15) is 23.7 Å². The molecule has 0 fully saturated rings. The van der Waals surface area contributed by atoms with Crippen LogP contribution in [-0.2, 0) is 23.9 Å². The Kier molecular flexibility index (Phi) is 10.1. The molecule has 0 aliphatic heterocycles. The lowest BCUT2D eigenvalue weighted by Crippen LogP contribution is -2.54. The molecule has 12 heteroatoms. The highest BCUT2D eigenvalue weighted by Crippen LogP contribution is 2.21. The number of carboxylic acid groups (broad SMARTS) is 1. The molecule has 1 aromatic carbocycles. The van der Waals surface area contributed by atoms with Gasteiger partial charge in [-0.05, 0) is 13.5 Å². The molecule has 3 unspecified atom stereocenters. The van der Waals surface area contributed by atoms with Gasteiger partial charge in [0.25, 0.3) is 0 Å². The van der Waals surface area contributed by atoms with Gasteiger partial charge in [-0.1, -0.05) is 42.1 Å². The van der Waals surface area contributed by atoms with Crippen LogP contribution < -0.4 is 11.5 Å². The predicted octanol–water partition coefficient (Wildman–Crippen LogP) is -1.07. The average molecular weight is 441 g/mol. The lowest BCUT2D eigenvalue weighted by molar-refractivity contribution is -0.183. The van der Waals surface area contributed by atoms with Crippen molar-refractivity contribution in [2.24, 2.45) is 11.5 Å². The first-order valence-electron chi connectivity index (χ1n) is 8.77. The quantitative estimate of drug-likeness (QED) is 0.255. The van der Waals surface area contributed by atoms with Gasteiger partial charge in [-0.3, -0.25) is 14.4 Å². The number of esters is 1. The second-order valence-corrected chi connectivity index (χ2v) is 7.25. The van der Waals surface area contributed by atoms with E-state index in [0.717, 1.165) is 0 Å². The lowest BCUT2D eigenvalue weighted by Gasteiger charge is -2.27. The molecule has 1 rings (SSSR count). The van der Waals surface area contributed by atoms with E-state index >= 15 is 0 Å². The second kappa shape index (κ2) is 12.0. The number of aliphatic hydroxyl groups excluding tert-OH is 1. The topological polar surface area (TPSA) is 190 Å². The van der Waals surface area contributed by atoms with Crippen LogP contribution in [0.15, 0.2) is 30.3 Å². The van der Waals surface area contributed by atoms with Crippen molar-refractivity contribution < 1.29 is 38.9 Å². The molecule has 11 nitrogen and oxygen atoms in total. The van der Waals surface area contributed by atoms with E-state index in [1.165, 1.54) is 19.1 Å². The van der Waals surface area contributed by atoms with Crippen LogP contribution >= 0.6 is 11.8 Å². The van der Waals surface area contributed by atoms with Crippen LogP contribution in [0.5, 0.6) is 0 Å². The smallest absolute Gasteiger partial charge is 0.357 e. The van der Waals surface area contributed by atoms with Crippen molar-refractivity contribution in [2.75, 3.05) is 13.1 Å². The fraction of sp³-hybridized carbons (Fsp3) is 0.389. The number of carbonyl (C=O) groups excluding carboxylic acids is 4. The molecular weight excluding hydrogens is 418 g/mol. The van der Waals surface area contributed by atoms with E-state index in [0.29, 0.717) is 17.3 Å². The summed E-state index contributed by atoms with van der Waals surface area (Å²) in [7, 11) is 0. The van der Waals surface area contributed by atoms with E-state index in [2.05, 4.69) is 4.74 Å². The Morgan fingerprint density at radius 1 is 1.13 bits per heavy atom. The van der Waals surface area contributed by atoms with Gasteiger partial charge in [-0.2, -0.15) is 0 Å². The first kappa shape index (κ1) is 25.2. The standard InChI is InChI=1S/C18H23N3O8S/c1-10(30-18(28)11-5-3-2-4-6-11)14(23)21(13(22)9-20)15(24)17(27)29-12(7-8-19)16(25)26/h2-6,10,12,15,24H,7-9,19-20H2,1H3,(H,25,26). The molecule has 0 saturated heterocycles. The summed E-state index contributed by atoms with van der Waals surface area (Å²) >= 11 is 0.576. The van der Waals surface area contributed by atoms with Crippen LogP contribution in [0.2, 0.25) is 0 Å². The lowest BCUT2D eigenvalue weighted by atomic mass is 10.2. The first-order valence-corrected chi connectivity index (χ1v) is 9.65. The molecule has 0 radical (unpaired) electrons. The number of aliphatic carboxylic acids is 1. The van der Waals surface area contributed by atoms with E-state index in [4.69, 9.17) is 16.6 Å². The van der Waals surface area contributed by atoms with Crippen molar-refractivity contribution in [3.05, 3.63) is 35.9 Å². The van der Waals surface area contributed by atoms with Crippen molar-refractivity contribution in [3.63, 3.8) is 0 Å². The van der Waals surface area contributed by atoms with Crippen LogP contribution in [0, 0.1) is 0 Å². The number of rotatable bonds is 10. The van der Waals surface area contributed by atoms with Gasteiger partial charge >= 0.3 is 11.9 Å². The summed E-state index contributed by atoms with van der Waals surface area (Å²) in [6.45, 7) is 0.447. The number of nitrogens with zero attached hydrogens (tertiary/aromatic N) is 1. The third-order valence-corrected chi connectivity index (χ3v) is 4.74. The summed E-state index contributed by atoms with van der Waals surface area (Å²) in [5.41, 5.74) is 10.8. The number of benzene rings is 1. The number of aliphatic hydroxyl groups is 1. The number of carboxylic acids is 1. The molecule has 0 aliphatic rings.